The normalized spacial score (nSPS) is 15.9. The molecule has 2 aromatic carbocycles. The lowest BCUT2D eigenvalue weighted by Crippen LogP contribution is -2.45. The first kappa shape index (κ1) is 19.0. The van der Waals surface area contributed by atoms with Crippen molar-refractivity contribution in [1.29, 1.82) is 0 Å². The fraction of sp³-hybridized carbons (Fsp3) is 0.211. The molecule has 144 valence electrons. The van der Waals surface area contributed by atoms with E-state index in [1.54, 1.807) is 4.90 Å². The number of carbonyl (C=O) groups excluding carboxylic acids is 3. The first-order valence-electron chi connectivity index (χ1n) is 8.60. The molecule has 0 bridgehead atoms. The number of nitro benzene ring substituents is 1. The molecule has 1 unspecified atom stereocenters. The fourth-order valence-electron chi connectivity index (χ4n) is 2.96. The molecule has 2 aromatic rings. The number of nitrogens with one attached hydrogen (secondary N) is 2. The Bertz CT molecular complexity index is 916. The zero-order valence-electron chi connectivity index (χ0n) is 14.8. The van der Waals surface area contributed by atoms with Gasteiger partial charge in [0.25, 0.3) is 11.6 Å². The lowest BCUT2D eigenvalue weighted by atomic mass is 10.1. The van der Waals surface area contributed by atoms with E-state index in [2.05, 4.69) is 10.9 Å². The van der Waals surface area contributed by atoms with Crippen LogP contribution in [0.25, 0.3) is 0 Å². The van der Waals surface area contributed by atoms with E-state index in [0.29, 0.717) is 6.54 Å². The van der Waals surface area contributed by atoms with Crippen LogP contribution in [0.5, 0.6) is 0 Å². The summed E-state index contributed by atoms with van der Waals surface area (Å²) in [5, 5.41) is 10.8. The fourth-order valence-corrected chi connectivity index (χ4v) is 2.96. The zero-order chi connectivity index (χ0) is 20.1. The zero-order valence-corrected chi connectivity index (χ0v) is 14.8. The molecule has 3 amide bonds. The van der Waals surface area contributed by atoms with Crippen LogP contribution in [-0.4, -0.2) is 34.1 Å². The number of hydrazine groups is 1. The molecule has 1 fully saturated rings. The summed E-state index contributed by atoms with van der Waals surface area (Å²) in [6, 6.07) is 14.6. The Balaban J connectivity index is 1.54. The van der Waals surface area contributed by atoms with Gasteiger partial charge in [-0.15, -0.1) is 0 Å². The molecule has 0 aliphatic carbocycles. The molecule has 1 aliphatic rings. The SMILES string of the molecule is O=C(NNC(=O)C1CC(=O)N(Cc2ccccc2)C1)c1cccc([N+](=O)[O-])c1. The molecular weight excluding hydrogens is 364 g/mol. The van der Waals surface area contributed by atoms with Gasteiger partial charge in [0.2, 0.25) is 11.8 Å². The number of nitro groups is 1. The predicted molar refractivity (Wildman–Crippen MR) is 98.7 cm³/mol. The number of hydrogen-bond donors (Lipinski definition) is 2. The monoisotopic (exact) mass is 382 g/mol. The van der Waals surface area contributed by atoms with Gasteiger partial charge in [0, 0.05) is 37.2 Å². The first-order chi connectivity index (χ1) is 13.4. The number of hydrogen-bond acceptors (Lipinski definition) is 5. The van der Waals surface area contributed by atoms with Gasteiger partial charge in [-0.05, 0) is 11.6 Å². The van der Waals surface area contributed by atoms with Gasteiger partial charge in [0.15, 0.2) is 0 Å². The second-order valence-electron chi connectivity index (χ2n) is 6.41. The summed E-state index contributed by atoms with van der Waals surface area (Å²) in [4.78, 5) is 48.3. The van der Waals surface area contributed by atoms with E-state index < -0.39 is 22.7 Å². The molecule has 2 N–H and O–H groups in total. The van der Waals surface area contributed by atoms with Crippen LogP contribution >= 0.6 is 0 Å². The van der Waals surface area contributed by atoms with Gasteiger partial charge in [-0.2, -0.15) is 0 Å². The van der Waals surface area contributed by atoms with Crippen molar-refractivity contribution < 1.29 is 19.3 Å². The van der Waals surface area contributed by atoms with Crippen molar-refractivity contribution in [3.63, 3.8) is 0 Å². The molecule has 1 saturated heterocycles. The second-order valence-corrected chi connectivity index (χ2v) is 6.41. The minimum atomic E-state index is -0.678. The molecule has 0 aromatic heterocycles. The highest BCUT2D eigenvalue weighted by atomic mass is 16.6. The van der Waals surface area contributed by atoms with E-state index in [-0.39, 0.29) is 30.1 Å². The number of amides is 3. The van der Waals surface area contributed by atoms with Gasteiger partial charge in [-0.3, -0.25) is 35.3 Å². The molecule has 9 nitrogen and oxygen atoms in total. The van der Waals surface area contributed by atoms with Gasteiger partial charge in [0.1, 0.15) is 0 Å². The van der Waals surface area contributed by atoms with Crippen molar-refractivity contribution in [1.82, 2.24) is 15.8 Å². The maximum absolute atomic E-state index is 12.3. The van der Waals surface area contributed by atoms with Gasteiger partial charge in [-0.25, -0.2) is 0 Å². The average molecular weight is 382 g/mol. The first-order valence-corrected chi connectivity index (χ1v) is 8.60. The lowest BCUT2D eigenvalue weighted by Gasteiger charge is -2.16. The minimum absolute atomic E-state index is 0.0442. The summed E-state index contributed by atoms with van der Waals surface area (Å²) < 4.78 is 0. The number of rotatable bonds is 5. The van der Waals surface area contributed by atoms with Crippen molar-refractivity contribution in [3.05, 3.63) is 75.8 Å². The molecule has 3 rings (SSSR count). The van der Waals surface area contributed by atoms with Gasteiger partial charge < -0.3 is 4.90 Å². The van der Waals surface area contributed by atoms with Crippen LogP contribution in [0.15, 0.2) is 54.6 Å². The van der Waals surface area contributed by atoms with Gasteiger partial charge in [0.05, 0.1) is 10.8 Å². The third-order valence-electron chi connectivity index (χ3n) is 4.42. The van der Waals surface area contributed by atoms with Crippen LogP contribution in [0, 0.1) is 16.0 Å². The van der Waals surface area contributed by atoms with Crippen LogP contribution in [0.1, 0.15) is 22.3 Å². The highest BCUT2D eigenvalue weighted by Crippen LogP contribution is 2.20. The van der Waals surface area contributed by atoms with E-state index in [4.69, 9.17) is 0 Å². The van der Waals surface area contributed by atoms with Crippen molar-refractivity contribution in [3.8, 4) is 0 Å². The van der Waals surface area contributed by atoms with Crippen molar-refractivity contribution in [2.45, 2.75) is 13.0 Å². The highest BCUT2D eigenvalue weighted by molar-refractivity contribution is 5.96. The van der Waals surface area contributed by atoms with E-state index in [0.717, 1.165) is 11.6 Å². The third-order valence-corrected chi connectivity index (χ3v) is 4.42. The maximum atomic E-state index is 12.3. The molecule has 1 heterocycles. The van der Waals surface area contributed by atoms with Crippen molar-refractivity contribution in [2.75, 3.05) is 6.54 Å². The summed E-state index contributed by atoms with van der Waals surface area (Å²) in [5.41, 5.74) is 5.31. The molecule has 1 atom stereocenters. The summed E-state index contributed by atoms with van der Waals surface area (Å²) in [5.74, 6) is -1.87. The summed E-state index contributed by atoms with van der Waals surface area (Å²) in [7, 11) is 0. The Hall–Kier alpha value is -3.75. The minimum Gasteiger partial charge on any atom is -0.338 e. The van der Waals surface area contributed by atoms with Crippen LogP contribution in [0.2, 0.25) is 0 Å². The Labute approximate surface area is 160 Å². The predicted octanol–water partition coefficient (Wildman–Crippen LogP) is 1.40. The summed E-state index contributed by atoms with van der Waals surface area (Å²) >= 11 is 0. The Kier molecular flexibility index (Phi) is 5.64. The molecule has 9 heteroatoms. The van der Waals surface area contributed by atoms with Crippen molar-refractivity contribution >= 4 is 23.4 Å². The molecule has 1 aliphatic heterocycles. The number of nitrogens with zero attached hydrogens (tertiary/aromatic N) is 2. The summed E-state index contributed by atoms with van der Waals surface area (Å²) in [6.07, 6.45) is 0.0609. The quantitative estimate of drug-likeness (QED) is 0.598. The third kappa shape index (κ3) is 4.50. The van der Waals surface area contributed by atoms with Crippen LogP contribution in [-0.2, 0) is 16.1 Å². The van der Waals surface area contributed by atoms with Crippen LogP contribution in [0.4, 0.5) is 5.69 Å². The molecular formula is C19H18N4O5. The Morgan fingerprint density at radius 1 is 1.11 bits per heavy atom. The Morgan fingerprint density at radius 2 is 1.86 bits per heavy atom. The van der Waals surface area contributed by atoms with E-state index >= 15 is 0 Å². The molecule has 0 spiro atoms. The molecule has 0 radical (unpaired) electrons. The molecule has 28 heavy (non-hydrogen) atoms. The smallest absolute Gasteiger partial charge is 0.270 e. The van der Waals surface area contributed by atoms with E-state index in [1.807, 2.05) is 30.3 Å². The maximum Gasteiger partial charge on any atom is 0.270 e. The molecule has 0 saturated carbocycles. The average Bonchev–Trinajstić information content (AvgIpc) is 3.07. The lowest BCUT2D eigenvalue weighted by molar-refractivity contribution is -0.384. The Morgan fingerprint density at radius 3 is 2.57 bits per heavy atom. The van der Waals surface area contributed by atoms with E-state index in [9.17, 15) is 24.5 Å². The number of benzene rings is 2. The summed E-state index contributed by atoms with van der Waals surface area (Å²) in [6.45, 7) is 0.676. The van der Waals surface area contributed by atoms with Gasteiger partial charge >= 0.3 is 0 Å². The highest BCUT2D eigenvalue weighted by Gasteiger charge is 2.34. The van der Waals surface area contributed by atoms with E-state index in [1.165, 1.54) is 18.2 Å². The largest absolute Gasteiger partial charge is 0.338 e. The number of non-ortho nitro benzene ring substituents is 1. The second kappa shape index (κ2) is 8.30. The van der Waals surface area contributed by atoms with Gasteiger partial charge in [-0.1, -0.05) is 36.4 Å². The standard InChI is InChI=1S/C19H18N4O5/c24-17-10-15(12-22(17)11-13-5-2-1-3-6-13)19(26)21-20-18(25)14-7-4-8-16(9-14)23(27)28/h1-9,15H,10-12H2,(H,20,25)(H,21,26). The number of carbonyl (C=O) groups is 3. The number of likely N-dealkylation sites (tertiary alicyclic amines) is 1. The van der Waals surface area contributed by atoms with Crippen LogP contribution in [0.3, 0.4) is 0 Å². The topological polar surface area (TPSA) is 122 Å². The van der Waals surface area contributed by atoms with Crippen molar-refractivity contribution in [2.24, 2.45) is 5.92 Å². The van der Waals surface area contributed by atoms with Crippen LogP contribution < -0.4 is 10.9 Å².